The quantitative estimate of drug-likeness (QED) is 0.617. The zero-order valence-corrected chi connectivity index (χ0v) is 14.4. The van der Waals surface area contributed by atoms with Gasteiger partial charge in [-0.3, -0.25) is 9.59 Å². The summed E-state index contributed by atoms with van der Waals surface area (Å²) in [6.45, 7) is 7.59. The monoisotopic (exact) mass is 343 g/mol. The molecule has 0 aliphatic carbocycles. The van der Waals surface area contributed by atoms with Gasteiger partial charge in [-0.25, -0.2) is 0 Å². The molecule has 1 heterocycles. The molecule has 0 radical (unpaired) electrons. The van der Waals surface area contributed by atoms with E-state index < -0.39 is 11.8 Å². The highest BCUT2D eigenvalue weighted by Gasteiger charge is 2.19. The largest absolute Gasteiger partial charge is 0.507 e. The lowest BCUT2D eigenvalue weighted by atomic mass is 10.1. The number of phenols is 1. The Kier molecular flexibility index (Phi) is 5.53. The Bertz CT molecular complexity index is 797. The van der Waals surface area contributed by atoms with Crippen LogP contribution >= 0.6 is 0 Å². The summed E-state index contributed by atoms with van der Waals surface area (Å²) in [7, 11) is 1.61. The minimum Gasteiger partial charge on any atom is -0.507 e. The number of aromatic nitrogens is 3. The summed E-state index contributed by atoms with van der Waals surface area (Å²) in [5, 5.41) is 20.5. The van der Waals surface area contributed by atoms with E-state index in [0.29, 0.717) is 11.5 Å². The number of phenolic OH excluding ortho intramolecular Hbond substituents is 1. The van der Waals surface area contributed by atoms with Crippen molar-refractivity contribution in [2.24, 2.45) is 0 Å². The molecule has 8 heteroatoms. The Balaban J connectivity index is 2.21. The number of nitrogens with one attached hydrogen (secondary N) is 1. The van der Waals surface area contributed by atoms with Crippen molar-refractivity contribution in [2.75, 3.05) is 12.4 Å². The van der Waals surface area contributed by atoms with E-state index in [-0.39, 0.29) is 23.9 Å². The van der Waals surface area contributed by atoms with Crippen molar-refractivity contribution in [3.63, 3.8) is 0 Å². The van der Waals surface area contributed by atoms with Crippen LogP contribution in [0.15, 0.2) is 37.2 Å². The zero-order valence-electron chi connectivity index (χ0n) is 14.4. The van der Waals surface area contributed by atoms with Crippen LogP contribution in [0.4, 0.5) is 5.69 Å². The van der Waals surface area contributed by atoms with E-state index in [1.165, 1.54) is 23.1 Å². The minimum atomic E-state index is -0.400. The third-order valence-corrected chi connectivity index (χ3v) is 3.61. The normalized spacial score (nSPS) is 10.6. The van der Waals surface area contributed by atoms with Gasteiger partial charge in [0.05, 0.1) is 12.1 Å². The molecule has 0 aliphatic rings. The standard InChI is InChI=1S/C17H21N5O3/c1-5-16(24)19-12-6-7-14(23)13(8-12)17(25)21(4)9-15-20-18-10-22(15)11(2)3/h5-8,10-11,23H,1,9H2,2-4H3,(H,19,24). The van der Waals surface area contributed by atoms with Gasteiger partial charge in [0.25, 0.3) is 5.91 Å². The van der Waals surface area contributed by atoms with E-state index in [9.17, 15) is 14.7 Å². The smallest absolute Gasteiger partial charge is 0.257 e. The number of nitrogens with zero attached hydrogens (tertiary/aromatic N) is 4. The van der Waals surface area contributed by atoms with Crippen LogP contribution in [0.2, 0.25) is 0 Å². The molecular weight excluding hydrogens is 322 g/mol. The predicted molar refractivity (Wildman–Crippen MR) is 93.1 cm³/mol. The number of carbonyl (C=O) groups is 2. The number of amides is 2. The second kappa shape index (κ2) is 7.61. The molecule has 1 aromatic carbocycles. The van der Waals surface area contributed by atoms with Crippen LogP contribution < -0.4 is 5.32 Å². The summed E-state index contributed by atoms with van der Waals surface area (Å²) in [6, 6.07) is 4.45. The van der Waals surface area contributed by atoms with Crippen LogP contribution in [0, 0.1) is 0 Å². The summed E-state index contributed by atoms with van der Waals surface area (Å²) in [5.41, 5.74) is 0.477. The highest BCUT2D eigenvalue weighted by atomic mass is 16.3. The Labute approximate surface area is 145 Å². The highest BCUT2D eigenvalue weighted by Crippen LogP contribution is 2.23. The molecule has 0 spiro atoms. The van der Waals surface area contributed by atoms with Crippen molar-refractivity contribution in [2.45, 2.75) is 26.4 Å². The van der Waals surface area contributed by atoms with Gasteiger partial charge in [0.1, 0.15) is 12.1 Å². The fraction of sp³-hybridized carbons (Fsp3) is 0.294. The number of anilines is 1. The van der Waals surface area contributed by atoms with Gasteiger partial charge in [-0.1, -0.05) is 6.58 Å². The molecule has 0 saturated carbocycles. The topological polar surface area (TPSA) is 100 Å². The first-order chi connectivity index (χ1) is 11.8. The van der Waals surface area contributed by atoms with Crippen molar-refractivity contribution in [3.05, 3.63) is 48.6 Å². The van der Waals surface area contributed by atoms with E-state index in [0.717, 1.165) is 6.08 Å². The SMILES string of the molecule is C=CC(=O)Nc1ccc(O)c(C(=O)N(C)Cc2nncn2C(C)C)c1. The lowest BCUT2D eigenvalue weighted by Gasteiger charge is -2.19. The molecular formula is C17H21N5O3. The summed E-state index contributed by atoms with van der Waals surface area (Å²) in [5.74, 6) is -0.326. The molecule has 2 N–H and O–H groups in total. The Morgan fingerprint density at radius 3 is 2.80 bits per heavy atom. The first-order valence-electron chi connectivity index (χ1n) is 7.73. The Hall–Kier alpha value is -3.16. The molecule has 2 aromatic rings. The second-order valence-electron chi connectivity index (χ2n) is 5.83. The van der Waals surface area contributed by atoms with Crippen molar-refractivity contribution in [3.8, 4) is 5.75 Å². The summed E-state index contributed by atoms with van der Waals surface area (Å²) in [4.78, 5) is 25.5. The van der Waals surface area contributed by atoms with Crippen molar-refractivity contribution in [1.82, 2.24) is 19.7 Å². The predicted octanol–water partition coefficient (Wildman–Crippen LogP) is 1.96. The molecule has 0 atom stereocenters. The Morgan fingerprint density at radius 2 is 2.16 bits per heavy atom. The summed E-state index contributed by atoms with van der Waals surface area (Å²) in [6.07, 6.45) is 2.74. The number of hydrogen-bond acceptors (Lipinski definition) is 5. The van der Waals surface area contributed by atoms with Crippen LogP contribution in [0.5, 0.6) is 5.75 Å². The second-order valence-corrected chi connectivity index (χ2v) is 5.83. The summed E-state index contributed by atoms with van der Waals surface area (Å²) < 4.78 is 1.87. The maximum atomic E-state index is 12.7. The van der Waals surface area contributed by atoms with E-state index >= 15 is 0 Å². The van der Waals surface area contributed by atoms with Gasteiger partial charge in [-0.15, -0.1) is 10.2 Å². The minimum absolute atomic E-state index is 0.0833. The molecule has 2 rings (SSSR count). The molecule has 0 bridgehead atoms. The summed E-state index contributed by atoms with van der Waals surface area (Å²) >= 11 is 0. The van der Waals surface area contributed by atoms with Gasteiger partial charge in [0.2, 0.25) is 5.91 Å². The maximum absolute atomic E-state index is 12.7. The van der Waals surface area contributed by atoms with Gasteiger partial charge >= 0.3 is 0 Å². The molecule has 2 amide bonds. The van der Waals surface area contributed by atoms with Crippen LogP contribution in [-0.2, 0) is 11.3 Å². The van der Waals surface area contributed by atoms with E-state index in [2.05, 4.69) is 22.1 Å². The molecule has 1 aromatic heterocycles. The van der Waals surface area contributed by atoms with Crippen molar-refractivity contribution < 1.29 is 14.7 Å². The zero-order chi connectivity index (χ0) is 18.6. The van der Waals surface area contributed by atoms with E-state index in [1.54, 1.807) is 13.4 Å². The van der Waals surface area contributed by atoms with Crippen molar-refractivity contribution in [1.29, 1.82) is 0 Å². The number of carbonyl (C=O) groups excluding carboxylic acids is 2. The fourth-order valence-corrected chi connectivity index (χ4v) is 2.28. The van der Waals surface area contributed by atoms with E-state index in [1.807, 2.05) is 18.4 Å². The van der Waals surface area contributed by atoms with Crippen LogP contribution in [-0.4, -0.2) is 43.6 Å². The van der Waals surface area contributed by atoms with Gasteiger partial charge < -0.3 is 19.9 Å². The number of rotatable bonds is 6. The molecule has 0 aliphatic heterocycles. The third-order valence-electron chi connectivity index (χ3n) is 3.61. The molecule has 8 nitrogen and oxygen atoms in total. The lowest BCUT2D eigenvalue weighted by molar-refractivity contribution is -0.111. The highest BCUT2D eigenvalue weighted by molar-refractivity contribution is 6.01. The first kappa shape index (κ1) is 18.2. The average molecular weight is 343 g/mol. The molecule has 25 heavy (non-hydrogen) atoms. The molecule has 132 valence electrons. The van der Waals surface area contributed by atoms with Crippen molar-refractivity contribution >= 4 is 17.5 Å². The van der Waals surface area contributed by atoms with E-state index in [4.69, 9.17) is 0 Å². The average Bonchev–Trinajstić information content (AvgIpc) is 3.04. The lowest BCUT2D eigenvalue weighted by Crippen LogP contribution is -2.28. The Morgan fingerprint density at radius 1 is 1.44 bits per heavy atom. The fourth-order valence-electron chi connectivity index (χ4n) is 2.28. The van der Waals surface area contributed by atoms with Gasteiger partial charge in [-0.05, 0) is 38.1 Å². The first-order valence-corrected chi connectivity index (χ1v) is 7.73. The number of aromatic hydroxyl groups is 1. The van der Waals surface area contributed by atoms with Gasteiger partial charge in [0.15, 0.2) is 5.82 Å². The number of benzene rings is 1. The maximum Gasteiger partial charge on any atom is 0.257 e. The molecule has 0 unspecified atom stereocenters. The van der Waals surface area contributed by atoms with Gasteiger partial charge in [0, 0.05) is 18.8 Å². The third kappa shape index (κ3) is 4.23. The number of hydrogen-bond donors (Lipinski definition) is 2. The van der Waals surface area contributed by atoms with Crippen LogP contribution in [0.1, 0.15) is 36.1 Å². The van der Waals surface area contributed by atoms with Gasteiger partial charge in [-0.2, -0.15) is 0 Å². The van der Waals surface area contributed by atoms with Crippen LogP contribution in [0.25, 0.3) is 0 Å². The molecule has 0 saturated heterocycles. The molecule has 0 fully saturated rings. The van der Waals surface area contributed by atoms with Crippen LogP contribution in [0.3, 0.4) is 0 Å².